The summed E-state index contributed by atoms with van der Waals surface area (Å²) in [5, 5.41) is 0.00863. The molecule has 0 aliphatic heterocycles. The second kappa shape index (κ2) is 5.95. The first-order valence-electron chi connectivity index (χ1n) is 5.97. The van der Waals surface area contributed by atoms with Crippen LogP contribution in [-0.4, -0.2) is 20.3 Å². The number of sulfonamides is 1. The quantitative estimate of drug-likeness (QED) is 0.864. The van der Waals surface area contributed by atoms with E-state index >= 15 is 0 Å². The van der Waals surface area contributed by atoms with E-state index in [1.54, 1.807) is 0 Å². The maximum absolute atomic E-state index is 13.2. The lowest BCUT2D eigenvalue weighted by Gasteiger charge is -2.19. The first-order valence-corrected chi connectivity index (χ1v) is 8.37. The van der Waals surface area contributed by atoms with Gasteiger partial charge in [0.1, 0.15) is 10.7 Å². The maximum atomic E-state index is 13.2. The van der Waals surface area contributed by atoms with Crippen LogP contribution in [0.15, 0.2) is 23.1 Å². The Bertz CT molecular complexity index is 565. The van der Waals surface area contributed by atoms with Crippen LogP contribution in [0.1, 0.15) is 19.3 Å². The molecule has 0 bridgehead atoms. The number of alkyl halides is 1. The summed E-state index contributed by atoms with van der Waals surface area (Å²) in [4.78, 5) is -0.227. The molecule has 0 radical (unpaired) electrons. The molecule has 1 aromatic rings. The zero-order valence-electron chi connectivity index (χ0n) is 10.1. The topological polar surface area (TPSA) is 46.2 Å². The lowest BCUT2D eigenvalue weighted by atomic mass is 10.1. The van der Waals surface area contributed by atoms with E-state index in [-0.39, 0.29) is 21.9 Å². The number of rotatable bonds is 4. The molecule has 2 rings (SSSR count). The molecule has 0 amide bonds. The van der Waals surface area contributed by atoms with E-state index in [1.807, 2.05) is 0 Å². The molecule has 1 saturated carbocycles. The highest BCUT2D eigenvalue weighted by Gasteiger charge is 2.31. The van der Waals surface area contributed by atoms with E-state index in [0.29, 0.717) is 5.88 Å². The number of hydrogen-bond donors (Lipinski definition) is 1. The standard InChI is InChI=1S/C12H14Cl2FNO2S/c13-7-8-2-1-3-11(8)16-19(17,18)12-6-9(15)4-5-10(12)14/h4-6,8,11,16H,1-3,7H2. The van der Waals surface area contributed by atoms with Crippen molar-refractivity contribution in [1.82, 2.24) is 4.72 Å². The van der Waals surface area contributed by atoms with E-state index < -0.39 is 15.8 Å². The molecule has 1 fully saturated rings. The van der Waals surface area contributed by atoms with Crippen molar-refractivity contribution in [1.29, 1.82) is 0 Å². The van der Waals surface area contributed by atoms with E-state index in [1.165, 1.54) is 6.07 Å². The molecule has 1 N–H and O–H groups in total. The fourth-order valence-corrected chi connectivity index (χ4v) is 4.54. The van der Waals surface area contributed by atoms with Crippen LogP contribution in [0.3, 0.4) is 0 Å². The predicted octanol–water partition coefficient (Wildman–Crippen LogP) is 3.16. The van der Waals surface area contributed by atoms with Gasteiger partial charge in [0.25, 0.3) is 0 Å². The molecule has 0 heterocycles. The second-order valence-electron chi connectivity index (χ2n) is 4.65. The van der Waals surface area contributed by atoms with Crippen LogP contribution in [-0.2, 0) is 10.0 Å². The summed E-state index contributed by atoms with van der Waals surface area (Å²) < 4.78 is 40.2. The van der Waals surface area contributed by atoms with E-state index in [0.717, 1.165) is 31.4 Å². The van der Waals surface area contributed by atoms with Crippen molar-refractivity contribution in [2.45, 2.75) is 30.2 Å². The van der Waals surface area contributed by atoms with Gasteiger partial charge >= 0.3 is 0 Å². The van der Waals surface area contributed by atoms with E-state index in [4.69, 9.17) is 23.2 Å². The molecule has 1 aliphatic carbocycles. The summed E-state index contributed by atoms with van der Waals surface area (Å²) in [6.45, 7) is 0. The summed E-state index contributed by atoms with van der Waals surface area (Å²) in [6.07, 6.45) is 2.57. The van der Waals surface area contributed by atoms with Crippen molar-refractivity contribution >= 4 is 33.2 Å². The van der Waals surface area contributed by atoms with Crippen LogP contribution in [0.5, 0.6) is 0 Å². The minimum atomic E-state index is -3.82. The third-order valence-electron chi connectivity index (χ3n) is 3.35. The number of benzene rings is 1. The highest BCUT2D eigenvalue weighted by atomic mass is 35.5. The Kier molecular flexibility index (Phi) is 4.71. The zero-order chi connectivity index (χ0) is 14.0. The molecular weight excluding hydrogens is 312 g/mol. The fraction of sp³-hybridized carbons (Fsp3) is 0.500. The zero-order valence-corrected chi connectivity index (χ0v) is 12.4. The lowest BCUT2D eigenvalue weighted by Crippen LogP contribution is -2.38. The van der Waals surface area contributed by atoms with Gasteiger partial charge in [-0.25, -0.2) is 17.5 Å². The average Bonchev–Trinajstić information content (AvgIpc) is 2.78. The average molecular weight is 326 g/mol. The Morgan fingerprint density at radius 1 is 1.37 bits per heavy atom. The molecule has 1 aromatic carbocycles. The van der Waals surface area contributed by atoms with Crippen LogP contribution in [0.25, 0.3) is 0 Å². The summed E-state index contributed by atoms with van der Waals surface area (Å²) in [6, 6.07) is 3.08. The highest BCUT2D eigenvalue weighted by Crippen LogP contribution is 2.29. The van der Waals surface area contributed by atoms with Gasteiger partial charge in [0.15, 0.2) is 0 Å². The van der Waals surface area contributed by atoms with Crippen molar-refractivity contribution in [3.05, 3.63) is 29.0 Å². The minimum Gasteiger partial charge on any atom is -0.208 e. The number of nitrogens with one attached hydrogen (secondary N) is 1. The molecule has 0 spiro atoms. The lowest BCUT2D eigenvalue weighted by molar-refractivity contribution is 0.480. The molecule has 7 heteroatoms. The van der Waals surface area contributed by atoms with Crippen molar-refractivity contribution in [2.24, 2.45) is 5.92 Å². The van der Waals surface area contributed by atoms with Gasteiger partial charge in [-0.05, 0) is 37.0 Å². The Hall–Kier alpha value is -0.360. The summed E-state index contributed by atoms with van der Waals surface area (Å²) in [5.41, 5.74) is 0. The van der Waals surface area contributed by atoms with Gasteiger partial charge in [0.05, 0.1) is 5.02 Å². The first-order chi connectivity index (χ1) is 8.94. The van der Waals surface area contributed by atoms with Gasteiger partial charge in [-0.2, -0.15) is 0 Å². The van der Waals surface area contributed by atoms with Crippen molar-refractivity contribution < 1.29 is 12.8 Å². The van der Waals surface area contributed by atoms with Crippen LogP contribution in [0.4, 0.5) is 4.39 Å². The molecule has 106 valence electrons. The molecule has 0 aromatic heterocycles. The molecule has 3 nitrogen and oxygen atoms in total. The van der Waals surface area contributed by atoms with Crippen LogP contribution >= 0.6 is 23.2 Å². The van der Waals surface area contributed by atoms with Gasteiger partial charge in [0.2, 0.25) is 10.0 Å². The molecule has 19 heavy (non-hydrogen) atoms. The first kappa shape index (κ1) is 15.0. The Labute approximate surface area is 122 Å². The van der Waals surface area contributed by atoms with Gasteiger partial charge in [0, 0.05) is 11.9 Å². The molecular formula is C12H14Cl2FNO2S. The van der Waals surface area contributed by atoms with Crippen LogP contribution in [0.2, 0.25) is 5.02 Å². The maximum Gasteiger partial charge on any atom is 0.242 e. The Morgan fingerprint density at radius 2 is 2.11 bits per heavy atom. The van der Waals surface area contributed by atoms with Gasteiger partial charge < -0.3 is 0 Å². The molecule has 0 saturated heterocycles. The second-order valence-corrected chi connectivity index (χ2v) is 7.05. The third-order valence-corrected chi connectivity index (χ3v) is 5.71. The van der Waals surface area contributed by atoms with Gasteiger partial charge in [-0.15, -0.1) is 11.6 Å². The van der Waals surface area contributed by atoms with Crippen molar-refractivity contribution in [3.8, 4) is 0 Å². The predicted molar refractivity (Wildman–Crippen MR) is 73.6 cm³/mol. The number of hydrogen-bond acceptors (Lipinski definition) is 2. The minimum absolute atomic E-state index is 0.00863. The highest BCUT2D eigenvalue weighted by molar-refractivity contribution is 7.89. The molecule has 2 unspecified atom stereocenters. The Morgan fingerprint density at radius 3 is 2.79 bits per heavy atom. The van der Waals surface area contributed by atoms with Gasteiger partial charge in [-0.1, -0.05) is 18.0 Å². The number of halogens is 3. The smallest absolute Gasteiger partial charge is 0.208 e. The molecule has 2 atom stereocenters. The molecule has 1 aliphatic rings. The largest absolute Gasteiger partial charge is 0.242 e. The summed E-state index contributed by atoms with van der Waals surface area (Å²) in [7, 11) is -3.82. The van der Waals surface area contributed by atoms with Crippen molar-refractivity contribution in [3.63, 3.8) is 0 Å². The SMILES string of the molecule is O=S(=O)(NC1CCCC1CCl)c1cc(F)ccc1Cl. The normalized spacial score (nSPS) is 23.7. The summed E-state index contributed by atoms with van der Waals surface area (Å²) in [5.74, 6) is -0.113. The van der Waals surface area contributed by atoms with E-state index in [2.05, 4.69) is 4.72 Å². The fourth-order valence-electron chi connectivity index (χ4n) is 2.32. The Balaban J connectivity index is 2.25. The van der Waals surface area contributed by atoms with E-state index in [9.17, 15) is 12.8 Å². The third kappa shape index (κ3) is 3.40. The van der Waals surface area contributed by atoms with Crippen LogP contribution < -0.4 is 4.72 Å². The summed E-state index contributed by atoms with van der Waals surface area (Å²) >= 11 is 11.6. The van der Waals surface area contributed by atoms with Crippen molar-refractivity contribution in [2.75, 3.05) is 5.88 Å². The monoisotopic (exact) mass is 325 g/mol. The van der Waals surface area contributed by atoms with Crippen LogP contribution in [0, 0.1) is 11.7 Å². The van der Waals surface area contributed by atoms with Gasteiger partial charge in [-0.3, -0.25) is 0 Å².